The Hall–Kier alpha value is -1.89. The molecule has 0 spiro atoms. The number of ether oxygens (including phenoxy) is 3. The second kappa shape index (κ2) is 9.82. The van der Waals surface area contributed by atoms with Crippen LogP contribution >= 0.6 is 0 Å². The van der Waals surface area contributed by atoms with E-state index in [1.807, 2.05) is 0 Å². The van der Waals surface area contributed by atoms with Crippen molar-refractivity contribution in [1.82, 2.24) is 0 Å². The Balaban J connectivity index is 1.62. The molecule has 5 rings (SSSR count). The van der Waals surface area contributed by atoms with Gasteiger partial charge in [0.15, 0.2) is 0 Å². The molecular weight excluding hydrogens is 520 g/mol. The van der Waals surface area contributed by atoms with E-state index in [0.29, 0.717) is 32.0 Å². The number of hydrogen-bond donors (Lipinski definition) is 1. The Morgan fingerprint density at radius 2 is 1.61 bits per heavy atom. The lowest BCUT2D eigenvalue weighted by atomic mass is 9.34. The molecule has 0 aromatic heterocycles. The minimum Gasteiger partial charge on any atom is -0.481 e. The van der Waals surface area contributed by atoms with Crippen molar-refractivity contribution in [1.29, 1.82) is 0 Å². The maximum atomic E-state index is 13.2. The average Bonchev–Trinajstić information content (AvgIpc) is 2.86. The first-order valence-electron chi connectivity index (χ1n) is 15.8. The zero-order valence-corrected chi connectivity index (χ0v) is 26.7. The number of esters is 2. The van der Waals surface area contributed by atoms with Crippen LogP contribution in [0.1, 0.15) is 101 Å². The maximum Gasteiger partial charge on any atom is 0.307 e. The molecule has 4 aliphatic carbocycles. The molecule has 5 aliphatic rings. The molecule has 0 radical (unpaired) electrons. The second-order valence-corrected chi connectivity index (χ2v) is 15.7. The zero-order valence-electron chi connectivity index (χ0n) is 26.7. The first-order valence-corrected chi connectivity index (χ1v) is 15.8. The smallest absolute Gasteiger partial charge is 0.307 e. The highest BCUT2D eigenvalue weighted by Gasteiger charge is 2.72. The molecule has 1 N–H and O–H groups in total. The fraction of sp³-hybridized carbons (Fsp3) is 0.853. The highest BCUT2D eigenvalue weighted by atomic mass is 16.6. The molecule has 230 valence electrons. The molecular formula is C34H52O7. The lowest BCUT2D eigenvalue weighted by Crippen LogP contribution is -2.70. The van der Waals surface area contributed by atoms with Crippen LogP contribution in [0.25, 0.3) is 0 Å². The van der Waals surface area contributed by atoms with Crippen molar-refractivity contribution in [2.24, 2.45) is 56.7 Å². The summed E-state index contributed by atoms with van der Waals surface area (Å²) in [6.07, 6.45) is 6.37. The van der Waals surface area contributed by atoms with E-state index >= 15 is 0 Å². The highest BCUT2D eigenvalue weighted by molar-refractivity contribution is 5.73. The summed E-state index contributed by atoms with van der Waals surface area (Å²) in [6.45, 7) is 19.5. The average molecular weight is 573 g/mol. The van der Waals surface area contributed by atoms with Crippen LogP contribution in [0.3, 0.4) is 0 Å². The molecule has 7 heteroatoms. The summed E-state index contributed by atoms with van der Waals surface area (Å²) in [7, 11) is 0. The summed E-state index contributed by atoms with van der Waals surface area (Å²) in [6, 6.07) is 0. The highest BCUT2D eigenvalue weighted by Crippen LogP contribution is 2.75. The van der Waals surface area contributed by atoms with Crippen molar-refractivity contribution in [3.8, 4) is 0 Å². The number of hydrogen-bond acceptors (Lipinski definition) is 6. The predicted molar refractivity (Wildman–Crippen MR) is 155 cm³/mol. The van der Waals surface area contributed by atoms with E-state index < -0.39 is 34.9 Å². The third kappa shape index (κ3) is 4.10. The van der Waals surface area contributed by atoms with Crippen LogP contribution in [0.15, 0.2) is 11.6 Å². The van der Waals surface area contributed by atoms with Gasteiger partial charge in [0, 0.05) is 24.7 Å². The molecule has 1 saturated heterocycles. The lowest BCUT2D eigenvalue weighted by molar-refractivity contribution is -0.262. The van der Waals surface area contributed by atoms with Crippen LogP contribution in [0.5, 0.6) is 0 Å². The van der Waals surface area contributed by atoms with Gasteiger partial charge in [0.2, 0.25) is 0 Å². The Labute approximate surface area is 246 Å². The maximum absolute atomic E-state index is 13.2. The lowest BCUT2D eigenvalue weighted by Gasteiger charge is -2.71. The molecule has 0 aromatic carbocycles. The van der Waals surface area contributed by atoms with E-state index in [-0.39, 0.29) is 45.9 Å². The van der Waals surface area contributed by atoms with Gasteiger partial charge in [-0.3, -0.25) is 14.4 Å². The minimum atomic E-state index is -0.664. The number of aliphatic carboxylic acids is 1. The molecule has 7 nitrogen and oxygen atoms in total. The minimum absolute atomic E-state index is 0.187. The third-order valence-corrected chi connectivity index (χ3v) is 13.7. The van der Waals surface area contributed by atoms with Crippen LogP contribution in [0.2, 0.25) is 0 Å². The van der Waals surface area contributed by atoms with Crippen molar-refractivity contribution in [2.45, 2.75) is 113 Å². The van der Waals surface area contributed by atoms with Gasteiger partial charge in [0.1, 0.15) is 12.2 Å². The normalized spacial score (nSPS) is 47.7. The van der Waals surface area contributed by atoms with Crippen LogP contribution in [0, 0.1) is 56.7 Å². The summed E-state index contributed by atoms with van der Waals surface area (Å²) in [5, 5.41) is 10.9. The fourth-order valence-electron chi connectivity index (χ4n) is 11.3. The third-order valence-electron chi connectivity index (χ3n) is 13.7. The molecule has 2 bridgehead atoms. The number of carboxylic acids is 1. The van der Waals surface area contributed by atoms with E-state index in [1.165, 1.54) is 19.4 Å². The summed E-state index contributed by atoms with van der Waals surface area (Å²) < 4.78 is 18.2. The van der Waals surface area contributed by atoms with Crippen LogP contribution in [-0.4, -0.2) is 48.4 Å². The molecule has 0 amide bonds. The van der Waals surface area contributed by atoms with Gasteiger partial charge in [-0.15, -0.1) is 0 Å². The summed E-state index contributed by atoms with van der Waals surface area (Å²) in [5.41, 5.74) is -0.311. The van der Waals surface area contributed by atoms with E-state index in [2.05, 4.69) is 54.5 Å². The summed E-state index contributed by atoms with van der Waals surface area (Å²) >= 11 is 0. The van der Waals surface area contributed by atoms with Gasteiger partial charge in [-0.2, -0.15) is 0 Å². The Bertz CT molecular complexity index is 1140. The molecule has 41 heavy (non-hydrogen) atoms. The number of rotatable bonds is 5. The van der Waals surface area contributed by atoms with Gasteiger partial charge in [-0.1, -0.05) is 60.1 Å². The van der Waals surface area contributed by atoms with Crippen LogP contribution in [0.4, 0.5) is 0 Å². The van der Waals surface area contributed by atoms with Crippen LogP contribution in [-0.2, 0) is 28.6 Å². The molecule has 1 aliphatic heterocycles. The molecule has 11 atom stereocenters. The first-order chi connectivity index (χ1) is 19.0. The molecule has 4 fully saturated rings. The molecule has 1 heterocycles. The molecule has 0 unspecified atom stereocenters. The zero-order chi connectivity index (χ0) is 30.3. The molecule has 3 saturated carbocycles. The summed E-state index contributed by atoms with van der Waals surface area (Å²) in [5.74, 6) is -0.708. The largest absolute Gasteiger partial charge is 0.481 e. The van der Waals surface area contributed by atoms with Gasteiger partial charge in [0.05, 0.1) is 19.1 Å². The second-order valence-electron chi connectivity index (χ2n) is 15.7. The quantitative estimate of drug-likeness (QED) is 0.299. The van der Waals surface area contributed by atoms with Gasteiger partial charge < -0.3 is 19.3 Å². The first kappa shape index (κ1) is 30.6. The van der Waals surface area contributed by atoms with Gasteiger partial charge in [-0.25, -0.2) is 0 Å². The van der Waals surface area contributed by atoms with Crippen molar-refractivity contribution < 1.29 is 33.7 Å². The topological polar surface area (TPSA) is 99.1 Å². The van der Waals surface area contributed by atoms with Gasteiger partial charge in [-0.05, 0) is 78.4 Å². The van der Waals surface area contributed by atoms with Crippen LogP contribution < -0.4 is 0 Å². The number of carbonyl (C=O) groups is 3. The van der Waals surface area contributed by atoms with E-state index in [9.17, 15) is 19.5 Å². The van der Waals surface area contributed by atoms with Crippen molar-refractivity contribution in [3.05, 3.63) is 11.6 Å². The number of allylic oxidation sites excluding steroid dienone is 1. The SMILES string of the molecule is CC(=O)O[C@@H]1C[C@]23COC[C@@](C)([C@@H]2CC[C@H]2C3=CC[C@@]3(C)[C@H](C(=O)O)[C@@](C)([C@H](C)C(C)C)CC[C@]23C)[C@H]1OC(C)=O. The Kier molecular flexibility index (Phi) is 7.32. The predicted octanol–water partition coefficient (Wildman–Crippen LogP) is 6.44. The van der Waals surface area contributed by atoms with Crippen molar-refractivity contribution >= 4 is 17.9 Å². The van der Waals surface area contributed by atoms with Crippen molar-refractivity contribution in [2.75, 3.05) is 13.2 Å². The standard InChI is InChI=1S/C34H52O7/c1-19(2)20(3)30(6)14-15-32(8)23-10-11-26-31(7)17-39-18-34(26,16-25(40-21(4)35)28(31)41-22(5)36)24(23)12-13-33(32,9)27(30)29(37)38/h12,19-20,23,25-28H,10-11,13-18H2,1-9H3,(H,37,38)/t20-,23+,25-,26+,27-,28+,30-,31+,32-,33+,34-/m1/s1. The summed E-state index contributed by atoms with van der Waals surface area (Å²) in [4.78, 5) is 37.8. The van der Waals surface area contributed by atoms with Gasteiger partial charge >= 0.3 is 17.9 Å². The molecule has 0 aromatic rings. The van der Waals surface area contributed by atoms with Crippen molar-refractivity contribution in [3.63, 3.8) is 0 Å². The Morgan fingerprint density at radius 3 is 2.20 bits per heavy atom. The van der Waals surface area contributed by atoms with Gasteiger partial charge in [0.25, 0.3) is 0 Å². The number of fused-ring (bicyclic) bond motifs is 3. The fourth-order valence-corrected chi connectivity index (χ4v) is 11.3. The number of carbonyl (C=O) groups excluding carboxylic acids is 2. The van der Waals surface area contributed by atoms with E-state index in [0.717, 1.165) is 25.7 Å². The monoisotopic (exact) mass is 572 g/mol. The van der Waals surface area contributed by atoms with E-state index in [4.69, 9.17) is 14.2 Å². The van der Waals surface area contributed by atoms with E-state index in [1.54, 1.807) is 0 Å². The number of carboxylic acid groups (broad SMARTS) is 1. The Morgan fingerprint density at radius 1 is 0.951 bits per heavy atom.